The summed E-state index contributed by atoms with van der Waals surface area (Å²) in [6, 6.07) is 10.8. The molecule has 2 unspecified atom stereocenters. The third-order valence-electron chi connectivity index (χ3n) is 5.65. The Labute approximate surface area is 225 Å². The topological polar surface area (TPSA) is 97.0 Å². The second kappa shape index (κ2) is 13.4. The lowest BCUT2D eigenvalue weighted by Gasteiger charge is -2.35. The smallest absolute Gasteiger partial charge is 0.408 e. The number of amides is 3. The van der Waals surface area contributed by atoms with E-state index in [-0.39, 0.29) is 11.7 Å². The molecule has 0 spiro atoms. The minimum Gasteiger partial charge on any atom is -0.497 e. The highest BCUT2D eigenvalue weighted by molar-refractivity contribution is 7.80. The average molecular weight is 530 g/mol. The fourth-order valence-electron chi connectivity index (χ4n) is 4.01. The molecule has 0 bridgehead atoms. The monoisotopic (exact) mass is 529 g/mol. The second-order valence-electron chi connectivity index (χ2n) is 9.84. The van der Waals surface area contributed by atoms with Crippen LogP contribution >= 0.6 is 12.6 Å². The SMILES string of the molecule is CCCN(C(=O)C(CS)NC(=O)OC(C)(C)C)C(C(=O)Nc1ccc(OC)cc1)c1c(C)cccc1C. The van der Waals surface area contributed by atoms with Crippen molar-refractivity contribution in [3.05, 3.63) is 59.2 Å². The molecule has 0 heterocycles. The van der Waals surface area contributed by atoms with Gasteiger partial charge in [-0.15, -0.1) is 0 Å². The molecule has 2 N–H and O–H groups in total. The molecule has 0 saturated carbocycles. The number of anilines is 1. The molecule has 37 heavy (non-hydrogen) atoms. The van der Waals surface area contributed by atoms with Crippen LogP contribution in [0.4, 0.5) is 10.5 Å². The van der Waals surface area contributed by atoms with Crippen molar-refractivity contribution in [2.24, 2.45) is 0 Å². The van der Waals surface area contributed by atoms with Crippen molar-refractivity contribution in [1.82, 2.24) is 10.2 Å². The fourth-order valence-corrected chi connectivity index (χ4v) is 4.26. The van der Waals surface area contributed by atoms with Gasteiger partial charge in [0.15, 0.2) is 0 Å². The van der Waals surface area contributed by atoms with Crippen LogP contribution in [-0.2, 0) is 14.3 Å². The molecule has 202 valence electrons. The van der Waals surface area contributed by atoms with E-state index in [0.717, 1.165) is 16.7 Å². The molecule has 3 amide bonds. The molecule has 2 aromatic rings. The summed E-state index contributed by atoms with van der Waals surface area (Å²) in [4.78, 5) is 41.7. The van der Waals surface area contributed by atoms with E-state index in [2.05, 4.69) is 23.3 Å². The molecular formula is C28H39N3O5S. The lowest BCUT2D eigenvalue weighted by atomic mass is 9.93. The summed E-state index contributed by atoms with van der Waals surface area (Å²) in [7, 11) is 1.57. The quantitative estimate of drug-likeness (QED) is 0.374. The van der Waals surface area contributed by atoms with E-state index in [1.807, 2.05) is 39.0 Å². The van der Waals surface area contributed by atoms with Crippen LogP contribution in [0.5, 0.6) is 5.75 Å². The Bertz CT molecular complexity index is 1060. The lowest BCUT2D eigenvalue weighted by molar-refractivity contribution is -0.140. The molecular weight excluding hydrogens is 490 g/mol. The molecule has 2 rings (SSSR count). The van der Waals surface area contributed by atoms with Crippen LogP contribution in [0.15, 0.2) is 42.5 Å². The number of nitrogens with zero attached hydrogens (tertiary/aromatic N) is 1. The number of hydrogen-bond acceptors (Lipinski definition) is 6. The summed E-state index contributed by atoms with van der Waals surface area (Å²) in [5, 5.41) is 5.57. The number of benzene rings is 2. The van der Waals surface area contributed by atoms with Gasteiger partial charge in [0.05, 0.1) is 7.11 Å². The van der Waals surface area contributed by atoms with Gasteiger partial charge in [0.2, 0.25) is 5.91 Å². The van der Waals surface area contributed by atoms with E-state index in [9.17, 15) is 14.4 Å². The Morgan fingerprint density at radius 2 is 1.62 bits per heavy atom. The van der Waals surface area contributed by atoms with Crippen LogP contribution < -0.4 is 15.4 Å². The standard InChI is InChI=1S/C28H39N3O5S/c1-8-16-31(26(33)22(17-37)30-27(34)36-28(4,5)6)24(23-18(2)10-9-11-19(23)3)25(32)29-20-12-14-21(35-7)15-13-20/h9-15,22,24,37H,8,16-17H2,1-7H3,(H,29,32)(H,30,34). The largest absolute Gasteiger partial charge is 0.497 e. The highest BCUT2D eigenvalue weighted by atomic mass is 32.1. The van der Waals surface area contributed by atoms with Crippen LogP contribution in [0.25, 0.3) is 0 Å². The van der Waals surface area contributed by atoms with E-state index < -0.39 is 29.7 Å². The van der Waals surface area contributed by atoms with E-state index >= 15 is 0 Å². The molecule has 0 aliphatic heterocycles. The molecule has 2 atom stereocenters. The number of carbonyl (C=O) groups is 3. The number of ether oxygens (including phenoxy) is 2. The van der Waals surface area contributed by atoms with Crippen LogP contribution in [-0.4, -0.2) is 53.9 Å². The zero-order chi connectivity index (χ0) is 27.8. The summed E-state index contributed by atoms with van der Waals surface area (Å²) in [5.41, 5.74) is 2.35. The molecule has 8 nitrogen and oxygen atoms in total. The Morgan fingerprint density at radius 1 is 1.03 bits per heavy atom. The van der Waals surface area contributed by atoms with Gasteiger partial charge in [-0.3, -0.25) is 9.59 Å². The molecule has 2 aromatic carbocycles. The van der Waals surface area contributed by atoms with Gasteiger partial charge in [-0.25, -0.2) is 4.79 Å². The van der Waals surface area contributed by atoms with Gasteiger partial charge >= 0.3 is 6.09 Å². The first-order valence-corrected chi connectivity index (χ1v) is 13.0. The van der Waals surface area contributed by atoms with Crippen molar-refractivity contribution in [2.75, 3.05) is 24.7 Å². The minimum atomic E-state index is -0.981. The normalized spacial score (nSPS) is 12.8. The number of alkyl carbamates (subject to hydrolysis) is 1. The summed E-state index contributed by atoms with van der Waals surface area (Å²) in [5.74, 6) is -0.0746. The van der Waals surface area contributed by atoms with Crippen molar-refractivity contribution in [2.45, 2.75) is 65.6 Å². The highest BCUT2D eigenvalue weighted by Crippen LogP contribution is 2.30. The first-order chi connectivity index (χ1) is 17.4. The minimum absolute atomic E-state index is 0.0395. The maximum atomic E-state index is 13.9. The third kappa shape index (κ3) is 8.42. The van der Waals surface area contributed by atoms with Crippen LogP contribution in [0.1, 0.15) is 56.8 Å². The Hall–Kier alpha value is -3.20. The van der Waals surface area contributed by atoms with Gasteiger partial charge in [0.25, 0.3) is 5.91 Å². The van der Waals surface area contributed by atoms with E-state index in [4.69, 9.17) is 9.47 Å². The molecule has 0 aromatic heterocycles. The summed E-state index contributed by atoms with van der Waals surface area (Å²) in [6.07, 6.45) is -0.114. The average Bonchev–Trinajstić information content (AvgIpc) is 2.82. The van der Waals surface area contributed by atoms with Gasteiger partial charge in [-0.05, 0) is 82.0 Å². The molecule has 9 heteroatoms. The first-order valence-electron chi connectivity index (χ1n) is 12.3. The van der Waals surface area contributed by atoms with E-state index in [0.29, 0.717) is 24.4 Å². The fraction of sp³-hybridized carbons (Fsp3) is 0.464. The number of thiol groups is 1. The maximum Gasteiger partial charge on any atom is 0.408 e. The summed E-state index contributed by atoms with van der Waals surface area (Å²) >= 11 is 4.32. The number of aryl methyl sites for hydroxylation is 2. The van der Waals surface area contributed by atoms with Gasteiger partial charge in [-0.2, -0.15) is 12.6 Å². The number of methoxy groups -OCH3 is 1. The molecule has 0 saturated heterocycles. The second-order valence-corrected chi connectivity index (χ2v) is 10.2. The number of carbonyl (C=O) groups excluding carboxylic acids is 3. The molecule has 0 fully saturated rings. The van der Waals surface area contributed by atoms with Gasteiger partial charge in [0.1, 0.15) is 23.4 Å². The van der Waals surface area contributed by atoms with Crippen LogP contribution in [0, 0.1) is 13.8 Å². The van der Waals surface area contributed by atoms with Gasteiger partial charge in [0, 0.05) is 18.0 Å². The Balaban J connectivity index is 2.49. The first kappa shape index (κ1) is 30.0. The van der Waals surface area contributed by atoms with Crippen molar-refractivity contribution in [3.8, 4) is 5.75 Å². The van der Waals surface area contributed by atoms with Crippen molar-refractivity contribution < 1.29 is 23.9 Å². The van der Waals surface area contributed by atoms with E-state index in [1.54, 1.807) is 52.1 Å². The van der Waals surface area contributed by atoms with Gasteiger partial charge in [-0.1, -0.05) is 25.1 Å². The zero-order valence-corrected chi connectivity index (χ0v) is 23.6. The van der Waals surface area contributed by atoms with Gasteiger partial charge < -0.3 is 25.0 Å². The maximum absolute atomic E-state index is 13.9. The number of rotatable bonds is 10. The molecule has 0 aliphatic rings. The highest BCUT2D eigenvalue weighted by Gasteiger charge is 2.37. The Morgan fingerprint density at radius 3 is 2.11 bits per heavy atom. The predicted molar refractivity (Wildman–Crippen MR) is 149 cm³/mol. The molecule has 0 radical (unpaired) electrons. The van der Waals surface area contributed by atoms with Crippen LogP contribution in [0.2, 0.25) is 0 Å². The van der Waals surface area contributed by atoms with Crippen LogP contribution in [0.3, 0.4) is 0 Å². The zero-order valence-electron chi connectivity index (χ0n) is 22.8. The number of nitrogens with one attached hydrogen (secondary N) is 2. The van der Waals surface area contributed by atoms with E-state index in [1.165, 1.54) is 4.90 Å². The number of hydrogen-bond donors (Lipinski definition) is 3. The lowest BCUT2D eigenvalue weighted by Crippen LogP contribution is -2.53. The molecule has 0 aliphatic carbocycles. The van der Waals surface area contributed by atoms with Crippen molar-refractivity contribution in [3.63, 3.8) is 0 Å². The third-order valence-corrected chi connectivity index (χ3v) is 6.02. The predicted octanol–water partition coefficient (Wildman–Crippen LogP) is 5.05. The van der Waals surface area contributed by atoms with Crippen molar-refractivity contribution in [1.29, 1.82) is 0 Å². The Kier molecular flexibility index (Phi) is 10.9. The summed E-state index contributed by atoms with van der Waals surface area (Å²) in [6.45, 7) is 11.3. The summed E-state index contributed by atoms with van der Waals surface area (Å²) < 4.78 is 10.6. The van der Waals surface area contributed by atoms with Crippen molar-refractivity contribution >= 4 is 36.2 Å².